The van der Waals surface area contributed by atoms with Gasteiger partial charge >= 0.3 is 0 Å². The molecule has 1 unspecified atom stereocenters. The molecule has 0 heterocycles. The summed E-state index contributed by atoms with van der Waals surface area (Å²) in [5.74, 6) is 2.03. The molecule has 1 aliphatic rings. The highest BCUT2D eigenvalue weighted by Crippen LogP contribution is 2.52. The maximum absolute atomic E-state index is 10.9. The molecule has 1 fully saturated rings. The third-order valence-corrected chi connectivity index (χ3v) is 7.20. The minimum absolute atomic E-state index is 0.0416. The van der Waals surface area contributed by atoms with Gasteiger partial charge in [-0.15, -0.1) is 0 Å². The normalized spacial score (nSPS) is 25.0. The molecular weight excluding hydrogens is 316 g/mol. The van der Waals surface area contributed by atoms with Crippen molar-refractivity contribution >= 4 is 20.6 Å². The van der Waals surface area contributed by atoms with Gasteiger partial charge in [0.15, 0.2) is 0 Å². The molecule has 1 saturated carbocycles. The second-order valence-corrected chi connectivity index (χ2v) is 9.82. The van der Waals surface area contributed by atoms with Crippen LogP contribution in [0.15, 0.2) is 0 Å². The van der Waals surface area contributed by atoms with Gasteiger partial charge in [-0.25, -0.2) is 8.42 Å². The fraction of sp³-hybridized carbons (Fsp3) is 1.00. The lowest BCUT2D eigenvalue weighted by Gasteiger charge is -2.55. The highest BCUT2D eigenvalue weighted by atomic mass is 32.2. The lowest BCUT2D eigenvalue weighted by atomic mass is 9.56. The molecule has 22 heavy (non-hydrogen) atoms. The third-order valence-electron chi connectivity index (χ3n) is 5.62. The van der Waals surface area contributed by atoms with Crippen LogP contribution in [-0.4, -0.2) is 34.8 Å². The van der Waals surface area contributed by atoms with Crippen LogP contribution in [-0.2, 0) is 14.5 Å². The molecule has 0 saturated heterocycles. The van der Waals surface area contributed by atoms with Crippen LogP contribution in [0, 0.1) is 35.5 Å². The fourth-order valence-corrected chi connectivity index (χ4v) is 7.05. The molecule has 6 heteroatoms. The summed E-state index contributed by atoms with van der Waals surface area (Å²) in [5.41, 5.74) is -0.146. The lowest BCUT2D eigenvalue weighted by molar-refractivity contribution is -0.123. The molecule has 0 amide bonds. The molecule has 0 N–H and O–H groups in total. The van der Waals surface area contributed by atoms with Crippen LogP contribution in [0.1, 0.15) is 54.4 Å². The van der Waals surface area contributed by atoms with Crippen LogP contribution in [0.2, 0.25) is 0 Å². The van der Waals surface area contributed by atoms with E-state index in [2.05, 4.69) is 41.5 Å². The predicted molar refractivity (Wildman–Crippen MR) is 92.5 cm³/mol. The van der Waals surface area contributed by atoms with Crippen molar-refractivity contribution in [3.63, 3.8) is 0 Å². The van der Waals surface area contributed by atoms with Gasteiger partial charge in [0, 0.05) is 5.75 Å². The van der Waals surface area contributed by atoms with Gasteiger partial charge in [0.2, 0.25) is 0 Å². The third kappa shape index (κ3) is 4.13. The zero-order valence-electron chi connectivity index (χ0n) is 15.1. The van der Waals surface area contributed by atoms with Gasteiger partial charge in [-0.2, -0.15) is 0 Å². The maximum atomic E-state index is 10.9. The van der Waals surface area contributed by atoms with Gasteiger partial charge in [-0.3, -0.25) is 0 Å². The number of hydrogen-bond donors (Lipinski definition) is 0. The largest absolute Gasteiger partial charge is 0.748 e. The molecule has 0 bridgehead atoms. The van der Waals surface area contributed by atoms with E-state index < -0.39 is 10.1 Å². The van der Waals surface area contributed by atoms with Crippen molar-refractivity contribution in [1.82, 2.24) is 0 Å². The summed E-state index contributed by atoms with van der Waals surface area (Å²) in [7, 11) is -3.40. The second kappa shape index (κ2) is 7.32. The van der Waals surface area contributed by atoms with Crippen LogP contribution >= 0.6 is 0 Å². The monoisotopic (exact) mass is 349 g/mol. The van der Waals surface area contributed by atoms with Crippen molar-refractivity contribution < 1.29 is 17.4 Å². The molecule has 0 aromatic carbocycles. The molecule has 1 aliphatic carbocycles. The van der Waals surface area contributed by atoms with E-state index in [-0.39, 0.29) is 17.3 Å². The first-order chi connectivity index (χ1) is 9.95. The zero-order valence-corrected chi connectivity index (χ0v) is 17.9. The average Bonchev–Trinajstić information content (AvgIpc) is 2.28. The molecule has 1 rings (SSSR count). The number of rotatable bonds is 8. The summed E-state index contributed by atoms with van der Waals surface area (Å²) in [4.78, 5) is 0. The summed E-state index contributed by atoms with van der Waals surface area (Å²) < 4.78 is 39.1. The molecule has 1 atom stereocenters. The van der Waals surface area contributed by atoms with Crippen molar-refractivity contribution in [2.24, 2.45) is 35.5 Å². The molecule has 0 spiro atoms. The van der Waals surface area contributed by atoms with Crippen molar-refractivity contribution in [1.29, 1.82) is 0 Å². The Kier molecular flexibility index (Phi) is 6.70. The van der Waals surface area contributed by atoms with Gasteiger partial charge in [-0.1, -0.05) is 41.5 Å². The Morgan fingerprint density at radius 1 is 1.14 bits per heavy atom. The predicted octanol–water partition coefficient (Wildman–Crippen LogP) is 2.18. The molecule has 132 valence electrons. The summed E-state index contributed by atoms with van der Waals surface area (Å²) >= 11 is 0. The maximum Gasteiger partial charge on any atom is 0.146 e. The molecule has 0 radical (unpaired) electrons. The van der Waals surface area contributed by atoms with Gasteiger partial charge < -0.3 is 8.98 Å². The van der Waals surface area contributed by atoms with E-state index in [0.29, 0.717) is 40.1 Å². The Labute approximate surface area is 139 Å². The Morgan fingerprint density at radius 2 is 1.59 bits per heavy atom. The standard InChI is InChI=1S/C16H34O4SSi/c1-10(2)15(16(20-22,11(3)4)12(5)6)14-7-13(8-14)9-21(17,18)19/h10-15H,7-9H2,1-6,22H3,(H,17,18,19)/p-1. The van der Waals surface area contributed by atoms with E-state index >= 15 is 0 Å². The van der Waals surface area contributed by atoms with Crippen molar-refractivity contribution in [2.75, 3.05) is 5.75 Å². The van der Waals surface area contributed by atoms with Crippen LogP contribution in [0.3, 0.4) is 0 Å². The quantitative estimate of drug-likeness (QED) is 0.497. The van der Waals surface area contributed by atoms with E-state index in [1.807, 2.05) is 0 Å². The van der Waals surface area contributed by atoms with E-state index in [1.165, 1.54) is 0 Å². The molecule has 4 nitrogen and oxygen atoms in total. The Bertz CT molecular complexity index is 445. The number of hydrogen-bond acceptors (Lipinski definition) is 4. The average molecular weight is 350 g/mol. The fourth-order valence-electron chi connectivity index (χ4n) is 4.98. The summed E-state index contributed by atoms with van der Waals surface area (Å²) in [6, 6.07) is 0. The molecule has 0 aromatic rings. The van der Waals surface area contributed by atoms with E-state index in [1.54, 1.807) is 0 Å². The molecule has 0 aromatic heterocycles. The lowest BCUT2D eigenvalue weighted by Crippen LogP contribution is -2.56. The Hall–Kier alpha value is 0.0869. The van der Waals surface area contributed by atoms with Crippen LogP contribution < -0.4 is 0 Å². The van der Waals surface area contributed by atoms with Gasteiger partial charge in [0.1, 0.15) is 10.5 Å². The van der Waals surface area contributed by atoms with E-state index in [9.17, 15) is 13.0 Å². The first-order valence-electron chi connectivity index (χ1n) is 8.44. The van der Waals surface area contributed by atoms with Gasteiger partial charge in [0.25, 0.3) is 0 Å². The van der Waals surface area contributed by atoms with Crippen LogP contribution in [0.25, 0.3) is 0 Å². The topological polar surface area (TPSA) is 66.4 Å². The van der Waals surface area contributed by atoms with Gasteiger partial charge in [-0.05, 0) is 48.3 Å². The zero-order chi connectivity index (χ0) is 17.3. The summed E-state index contributed by atoms with van der Waals surface area (Å²) in [6.45, 7) is 13.4. The highest BCUT2D eigenvalue weighted by molar-refractivity contribution is 7.85. The van der Waals surface area contributed by atoms with Crippen molar-refractivity contribution in [2.45, 2.75) is 60.0 Å². The first-order valence-corrected chi connectivity index (χ1v) is 10.8. The van der Waals surface area contributed by atoms with Crippen LogP contribution in [0.4, 0.5) is 0 Å². The minimum atomic E-state index is -4.10. The van der Waals surface area contributed by atoms with Crippen LogP contribution in [0.5, 0.6) is 0 Å². The SMILES string of the molecule is CC(C)C(C1CC(CS(=O)(=O)[O-])C1)C(O[SiH3])(C(C)C)C(C)C. The molecular formula is C16H33O4SSi-. The highest BCUT2D eigenvalue weighted by Gasteiger charge is 2.51. The molecule has 0 aliphatic heterocycles. The second-order valence-electron chi connectivity index (χ2n) is 7.96. The Balaban J connectivity index is 2.96. The van der Waals surface area contributed by atoms with Crippen molar-refractivity contribution in [3.05, 3.63) is 0 Å². The first kappa shape index (κ1) is 20.1. The van der Waals surface area contributed by atoms with Gasteiger partial charge in [0.05, 0.1) is 15.7 Å². The minimum Gasteiger partial charge on any atom is -0.748 e. The summed E-state index contributed by atoms with van der Waals surface area (Å²) in [5, 5.41) is 0. The smallest absolute Gasteiger partial charge is 0.146 e. The van der Waals surface area contributed by atoms with E-state index in [4.69, 9.17) is 4.43 Å². The summed E-state index contributed by atoms with van der Waals surface area (Å²) in [6.07, 6.45) is 1.69. The van der Waals surface area contributed by atoms with Crippen molar-refractivity contribution in [3.8, 4) is 0 Å². The Morgan fingerprint density at radius 3 is 1.86 bits per heavy atom. The van der Waals surface area contributed by atoms with E-state index in [0.717, 1.165) is 12.8 Å².